The molecule has 0 aromatic heterocycles. The number of hydrogen-bond donors (Lipinski definition) is 0. The monoisotopic (exact) mass is 276 g/mol. The molecule has 0 radical (unpaired) electrons. The summed E-state index contributed by atoms with van der Waals surface area (Å²) in [5, 5.41) is 0. The summed E-state index contributed by atoms with van der Waals surface area (Å²) >= 11 is 1.63. The van der Waals surface area contributed by atoms with Gasteiger partial charge in [-0.15, -0.1) is 0 Å². The fourth-order valence-corrected chi connectivity index (χ4v) is 2.98. The second-order valence-electron chi connectivity index (χ2n) is 5.06. The summed E-state index contributed by atoms with van der Waals surface area (Å²) in [7, 11) is 0. The van der Waals surface area contributed by atoms with Gasteiger partial charge in [-0.1, -0.05) is 0 Å². The van der Waals surface area contributed by atoms with Crippen LogP contribution in [0.5, 0.6) is 0 Å². The minimum absolute atomic E-state index is 0.0649. The van der Waals surface area contributed by atoms with Crippen LogP contribution >= 0.6 is 11.8 Å². The maximum Gasteiger partial charge on any atom is 0.303 e. The van der Waals surface area contributed by atoms with E-state index >= 15 is 0 Å². The second-order valence-corrected chi connectivity index (χ2v) is 5.97. The maximum absolute atomic E-state index is 11.1. The molecule has 0 unspecified atom stereocenters. The first kappa shape index (κ1) is 14.1. The Morgan fingerprint density at radius 1 is 1.50 bits per heavy atom. The molecule has 2 saturated heterocycles. The number of carbonyl (C=O) groups is 1. The van der Waals surface area contributed by atoms with Crippen molar-refractivity contribution in [2.75, 3.05) is 12.0 Å². The van der Waals surface area contributed by atoms with Crippen molar-refractivity contribution >= 4 is 17.7 Å². The van der Waals surface area contributed by atoms with Crippen molar-refractivity contribution in [2.24, 2.45) is 0 Å². The zero-order valence-electron chi connectivity index (χ0n) is 11.2. The van der Waals surface area contributed by atoms with Crippen LogP contribution in [0.2, 0.25) is 0 Å². The molecule has 104 valence electrons. The molecular formula is C12H20O5S. The van der Waals surface area contributed by atoms with E-state index in [2.05, 4.69) is 0 Å². The van der Waals surface area contributed by atoms with Crippen molar-refractivity contribution < 1.29 is 23.7 Å². The molecule has 2 fully saturated rings. The Morgan fingerprint density at radius 2 is 2.22 bits per heavy atom. The summed E-state index contributed by atoms with van der Waals surface area (Å²) in [5.74, 6) is -0.152. The lowest BCUT2D eigenvalue weighted by molar-refractivity contribution is -0.215. The van der Waals surface area contributed by atoms with E-state index in [1.807, 2.05) is 20.1 Å². The topological polar surface area (TPSA) is 54.0 Å². The lowest BCUT2D eigenvalue weighted by Crippen LogP contribution is -2.35. The van der Waals surface area contributed by atoms with Crippen molar-refractivity contribution in [1.29, 1.82) is 0 Å². The second kappa shape index (κ2) is 5.36. The molecule has 2 aliphatic rings. The highest BCUT2D eigenvalue weighted by Crippen LogP contribution is 2.38. The summed E-state index contributed by atoms with van der Waals surface area (Å²) in [6.07, 6.45) is 1.88. The minimum atomic E-state index is -0.587. The molecule has 0 N–H and O–H groups in total. The average molecular weight is 276 g/mol. The van der Waals surface area contributed by atoms with E-state index in [-0.39, 0.29) is 30.6 Å². The SMILES string of the molecule is CSC[C@H](OC(C)=O)[C@@H]1C[C@@H]2OC(C)(C)O[C@@H]2O1. The zero-order chi connectivity index (χ0) is 13.3. The normalized spacial score (nSPS) is 35.2. The molecule has 0 aromatic rings. The molecule has 5 nitrogen and oxygen atoms in total. The predicted octanol–water partition coefficient (Wildman–Crippen LogP) is 1.55. The van der Waals surface area contributed by atoms with Gasteiger partial charge in [-0.3, -0.25) is 4.79 Å². The lowest BCUT2D eigenvalue weighted by atomic mass is 10.1. The van der Waals surface area contributed by atoms with Crippen molar-refractivity contribution in [2.45, 2.75) is 57.6 Å². The molecule has 0 amide bonds. The van der Waals surface area contributed by atoms with Crippen molar-refractivity contribution in [3.05, 3.63) is 0 Å². The van der Waals surface area contributed by atoms with Crippen LogP contribution < -0.4 is 0 Å². The van der Waals surface area contributed by atoms with Crippen LogP contribution in [-0.2, 0) is 23.7 Å². The van der Waals surface area contributed by atoms with E-state index in [1.165, 1.54) is 6.92 Å². The molecular weight excluding hydrogens is 256 g/mol. The van der Waals surface area contributed by atoms with Crippen LogP contribution in [0.1, 0.15) is 27.2 Å². The van der Waals surface area contributed by atoms with E-state index < -0.39 is 5.79 Å². The number of rotatable bonds is 4. The number of esters is 1. The number of fused-ring (bicyclic) bond motifs is 1. The summed E-state index contributed by atoms with van der Waals surface area (Å²) in [6.45, 7) is 5.16. The van der Waals surface area contributed by atoms with Gasteiger partial charge in [-0.25, -0.2) is 0 Å². The third-order valence-corrected chi connectivity index (χ3v) is 3.64. The Kier molecular flexibility index (Phi) is 4.21. The standard InChI is InChI=1S/C12H20O5S/c1-7(13)14-10(6-18-4)8-5-9-11(15-8)17-12(2,3)16-9/h8-11H,5-6H2,1-4H3/t8-,9-,10-,11-/m0/s1. The summed E-state index contributed by atoms with van der Waals surface area (Å²) < 4.78 is 22.5. The Bertz CT molecular complexity index is 304. The van der Waals surface area contributed by atoms with Crippen molar-refractivity contribution in [3.8, 4) is 0 Å². The van der Waals surface area contributed by atoms with Gasteiger partial charge in [-0.05, 0) is 20.1 Å². The molecule has 0 saturated carbocycles. The van der Waals surface area contributed by atoms with Gasteiger partial charge in [0.2, 0.25) is 0 Å². The third-order valence-electron chi connectivity index (χ3n) is 2.98. The third kappa shape index (κ3) is 3.17. The fraction of sp³-hybridized carbons (Fsp3) is 0.917. The minimum Gasteiger partial charge on any atom is -0.459 e. The van der Waals surface area contributed by atoms with E-state index in [1.54, 1.807) is 11.8 Å². The molecule has 2 rings (SSSR count). The van der Waals surface area contributed by atoms with E-state index in [4.69, 9.17) is 18.9 Å². The van der Waals surface area contributed by atoms with Gasteiger partial charge in [-0.2, -0.15) is 11.8 Å². The highest BCUT2D eigenvalue weighted by Gasteiger charge is 2.50. The van der Waals surface area contributed by atoms with Gasteiger partial charge in [0.15, 0.2) is 12.1 Å². The first-order valence-corrected chi connectivity index (χ1v) is 7.48. The van der Waals surface area contributed by atoms with Gasteiger partial charge >= 0.3 is 5.97 Å². The van der Waals surface area contributed by atoms with Crippen LogP contribution in [0.4, 0.5) is 0 Å². The summed E-state index contributed by atoms with van der Waals surface area (Å²) in [4.78, 5) is 11.1. The number of thioether (sulfide) groups is 1. The predicted molar refractivity (Wildman–Crippen MR) is 67.3 cm³/mol. The van der Waals surface area contributed by atoms with E-state index in [0.717, 1.165) is 0 Å². The molecule has 0 bridgehead atoms. The molecule has 0 spiro atoms. The van der Waals surface area contributed by atoms with Crippen LogP contribution in [0, 0.1) is 0 Å². The van der Waals surface area contributed by atoms with Crippen LogP contribution in [-0.4, -0.2) is 48.4 Å². The Labute approximate surface area is 111 Å². The highest BCUT2D eigenvalue weighted by molar-refractivity contribution is 7.98. The molecule has 0 aliphatic carbocycles. The molecule has 18 heavy (non-hydrogen) atoms. The van der Waals surface area contributed by atoms with Gasteiger partial charge < -0.3 is 18.9 Å². The van der Waals surface area contributed by atoms with Crippen LogP contribution in [0.25, 0.3) is 0 Å². The fourth-order valence-electron chi connectivity index (χ4n) is 2.37. The molecule has 4 atom stereocenters. The Morgan fingerprint density at radius 3 is 2.78 bits per heavy atom. The average Bonchev–Trinajstić information content (AvgIpc) is 2.69. The molecule has 0 aromatic carbocycles. The quantitative estimate of drug-likeness (QED) is 0.726. The largest absolute Gasteiger partial charge is 0.459 e. The number of ether oxygens (including phenoxy) is 4. The van der Waals surface area contributed by atoms with E-state index in [0.29, 0.717) is 12.2 Å². The maximum atomic E-state index is 11.1. The van der Waals surface area contributed by atoms with Gasteiger partial charge in [0.1, 0.15) is 18.3 Å². The number of carbonyl (C=O) groups excluding carboxylic acids is 1. The summed E-state index contributed by atoms with van der Waals surface area (Å²) in [5.41, 5.74) is 0. The first-order valence-electron chi connectivity index (χ1n) is 6.08. The Balaban J connectivity index is 1.93. The van der Waals surface area contributed by atoms with Gasteiger partial charge in [0.05, 0.1) is 0 Å². The number of hydrogen-bond acceptors (Lipinski definition) is 6. The Hall–Kier alpha value is -0.300. The lowest BCUT2D eigenvalue weighted by Gasteiger charge is -2.25. The smallest absolute Gasteiger partial charge is 0.303 e. The highest BCUT2D eigenvalue weighted by atomic mass is 32.2. The molecule has 2 heterocycles. The van der Waals surface area contributed by atoms with Crippen LogP contribution in [0.15, 0.2) is 0 Å². The van der Waals surface area contributed by atoms with Crippen molar-refractivity contribution in [1.82, 2.24) is 0 Å². The molecule has 6 heteroatoms. The summed E-state index contributed by atoms with van der Waals surface area (Å²) in [6, 6.07) is 0. The van der Waals surface area contributed by atoms with E-state index in [9.17, 15) is 4.79 Å². The van der Waals surface area contributed by atoms with Crippen LogP contribution in [0.3, 0.4) is 0 Å². The van der Waals surface area contributed by atoms with Crippen molar-refractivity contribution in [3.63, 3.8) is 0 Å². The zero-order valence-corrected chi connectivity index (χ0v) is 12.0. The van der Waals surface area contributed by atoms with Gasteiger partial charge in [0.25, 0.3) is 0 Å². The first-order chi connectivity index (χ1) is 8.41. The molecule has 2 aliphatic heterocycles. The van der Waals surface area contributed by atoms with Gasteiger partial charge in [0, 0.05) is 19.1 Å².